The van der Waals surface area contributed by atoms with Gasteiger partial charge in [-0.3, -0.25) is 4.55 Å². The average Bonchev–Trinajstić information content (AvgIpc) is 2.03. The third-order valence-corrected chi connectivity index (χ3v) is 2.36. The van der Waals surface area contributed by atoms with Crippen LogP contribution in [0, 0.1) is 0 Å². The fraction of sp³-hybridized carbons (Fsp3) is 0.143. The van der Waals surface area contributed by atoms with Gasteiger partial charge in [0.1, 0.15) is 0 Å². The van der Waals surface area contributed by atoms with Crippen LogP contribution >= 0.6 is 0 Å². The van der Waals surface area contributed by atoms with Crippen molar-refractivity contribution in [1.82, 2.24) is 0 Å². The molecule has 0 aromatic heterocycles. The molecule has 0 heterocycles. The quantitative estimate of drug-likeness (QED) is 0.538. The van der Waals surface area contributed by atoms with E-state index in [1.165, 1.54) is 0 Å². The van der Waals surface area contributed by atoms with Crippen molar-refractivity contribution in [2.24, 2.45) is 5.73 Å². The third-order valence-electron chi connectivity index (χ3n) is 1.45. The Hall–Kier alpha value is 0.0900. The SMILES string of the molecule is NC(c1ccccc1)S(=O)(=O)O.[Na]. The van der Waals surface area contributed by atoms with Crippen molar-refractivity contribution in [2.75, 3.05) is 0 Å². The van der Waals surface area contributed by atoms with Crippen molar-refractivity contribution in [3.63, 3.8) is 0 Å². The molecule has 1 aromatic rings. The number of benzene rings is 1. The molecule has 0 spiro atoms. The maximum atomic E-state index is 10.6. The Morgan fingerprint density at radius 3 is 2.08 bits per heavy atom. The van der Waals surface area contributed by atoms with E-state index < -0.39 is 15.5 Å². The van der Waals surface area contributed by atoms with Gasteiger partial charge in [-0.25, -0.2) is 0 Å². The summed E-state index contributed by atoms with van der Waals surface area (Å²) in [6.45, 7) is 0. The smallest absolute Gasteiger partial charge is 0.285 e. The maximum absolute atomic E-state index is 10.6. The second-order valence-corrected chi connectivity index (χ2v) is 3.88. The largest absolute Gasteiger partial charge is 0.309 e. The summed E-state index contributed by atoms with van der Waals surface area (Å²) in [5, 5.41) is -1.35. The monoisotopic (exact) mass is 210 g/mol. The molecule has 1 aromatic carbocycles. The minimum absolute atomic E-state index is 0. The minimum Gasteiger partial charge on any atom is -0.309 e. The van der Waals surface area contributed by atoms with E-state index in [-0.39, 0.29) is 29.6 Å². The molecular formula is C7H9NNaO3S. The van der Waals surface area contributed by atoms with Crippen molar-refractivity contribution >= 4 is 39.7 Å². The second kappa shape index (κ2) is 5.09. The summed E-state index contributed by atoms with van der Waals surface area (Å²) in [4.78, 5) is 0. The van der Waals surface area contributed by atoms with E-state index in [9.17, 15) is 8.42 Å². The summed E-state index contributed by atoms with van der Waals surface area (Å²) in [7, 11) is -4.18. The van der Waals surface area contributed by atoms with Crippen molar-refractivity contribution in [1.29, 1.82) is 0 Å². The minimum atomic E-state index is -4.18. The molecule has 0 bridgehead atoms. The molecule has 0 aliphatic heterocycles. The van der Waals surface area contributed by atoms with Gasteiger partial charge in [-0.2, -0.15) is 8.42 Å². The van der Waals surface area contributed by atoms with E-state index in [2.05, 4.69) is 0 Å². The molecule has 3 N–H and O–H groups in total. The van der Waals surface area contributed by atoms with Crippen LogP contribution in [0.15, 0.2) is 30.3 Å². The van der Waals surface area contributed by atoms with Crippen molar-refractivity contribution in [2.45, 2.75) is 5.37 Å². The Balaban J connectivity index is 0.00000144. The number of hydrogen-bond donors (Lipinski definition) is 2. The Kier molecular flexibility index (Phi) is 5.13. The van der Waals surface area contributed by atoms with Gasteiger partial charge in [0, 0.05) is 29.6 Å². The molecule has 1 rings (SSSR count). The molecule has 0 aliphatic carbocycles. The first-order chi connectivity index (χ1) is 5.52. The Labute approximate surface area is 99.2 Å². The van der Waals surface area contributed by atoms with Gasteiger partial charge < -0.3 is 5.73 Å². The summed E-state index contributed by atoms with van der Waals surface area (Å²) < 4.78 is 29.7. The van der Waals surface area contributed by atoms with E-state index in [1.54, 1.807) is 30.3 Å². The first-order valence-corrected chi connectivity index (χ1v) is 4.79. The first-order valence-electron chi connectivity index (χ1n) is 3.28. The molecular weight excluding hydrogens is 201 g/mol. The molecule has 1 atom stereocenters. The van der Waals surface area contributed by atoms with Crippen LogP contribution in [0.2, 0.25) is 0 Å². The van der Waals surface area contributed by atoms with E-state index in [1.807, 2.05) is 0 Å². The van der Waals surface area contributed by atoms with Gasteiger partial charge in [-0.05, 0) is 5.56 Å². The van der Waals surface area contributed by atoms with E-state index >= 15 is 0 Å². The van der Waals surface area contributed by atoms with Gasteiger partial charge in [0.15, 0.2) is 5.37 Å². The molecule has 1 radical (unpaired) electrons. The molecule has 13 heavy (non-hydrogen) atoms. The van der Waals surface area contributed by atoms with Crippen molar-refractivity contribution < 1.29 is 13.0 Å². The van der Waals surface area contributed by atoms with Gasteiger partial charge >= 0.3 is 0 Å². The van der Waals surface area contributed by atoms with Gasteiger partial charge in [-0.15, -0.1) is 0 Å². The summed E-state index contributed by atoms with van der Waals surface area (Å²) in [6.07, 6.45) is 0. The van der Waals surface area contributed by atoms with E-state index in [0.29, 0.717) is 5.56 Å². The van der Waals surface area contributed by atoms with Gasteiger partial charge in [0.2, 0.25) is 0 Å². The van der Waals surface area contributed by atoms with E-state index in [0.717, 1.165) is 0 Å². The van der Waals surface area contributed by atoms with Gasteiger partial charge in [0.05, 0.1) is 0 Å². The first kappa shape index (κ1) is 13.1. The third kappa shape index (κ3) is 3.76. The standard InChI is InChI=1S/C7H9NO3S.Na/c8-7(12(9,10)11)6-4-2-1-3-5-6;/h1-5,7H,8H2,(H,9,10,11);. The Morgan fingerprint density at radius 1 is 1.23 bits per heavy atom. The van der Waals surface area contributed by atoms with Gasteiger partial charge in [-0.1, -0.05) is 30.3 Å². The predicted molar refractivity (Wildman–Crippen MR) is 50.7 cm³/mol. The van der Waals surface area contributed by atoms with Crippen LogP contribution in [0.25, 0.3) is 0 Å². The molecule has 0 saturated heterocycles. The van der Waals surface area contributed by atoms with Gasteiger partial charge in [0.25, 0.3) is 10.1 Å². The van der Waals surface area contributed by atoms with Crippen LogP contribution in [0.3, 0.4) is 0 Å². The topological polar surface area (TPSA) is 80.4 Å². The normalized spacial score (nSPS) is 13.1. The number of nitrogens with two attached hydrogens (primary N) is 1. The molecule has 0 saturated carbocycles. The molecule has 67 valence electrons. The Bertz CT molecular complexity index is 351. The zero-order valence-corrected chi connectivity index (χ0v) is 10.0. The zero-order valence-electron chi connectivity index (χ0n) is 7.21. The van der Waals surface area contributed by atoms with Crippen molar-refractivity contribution in [3.8, 4) is 0 Å². The molecule has 0 aliphatic rings. The summed E-state index contributed by atoms with van der Waals surface area (Å²) in [6, 6.07) is 8.12. The fourth-order valence-corrected chi connectivity index (χ4v) is 1.32. The van der Waals surface area contributed by atoms with E-state index in [4.69, 9.17) is 10.3 Å². The molecule has 1 unspecified atom stereocenters. The summed E-state index contributed by atoms with van der Waals surface area (Å²) in [5.41, 5.74) is 5.61. The van der Waals surface area contributed by atoms with Crippen LogP contribution in [-0.4, -0.2) is 42.5 Å². The summed E-state index contributed by atoms with van der Waals surface area (Å²) >= 11 is 0. The predicted octanol–water partition coefficient (Wildman–Crippen LogP) is 0.151. The fourth-order valence-electron chi connectivity index (χ4n) is 0.815. The molecule has 6 heteroatoms. The average molecular weight is 210 g/mol. The van der Waals surface area contributed by atoms with Crippen LogP contribution in [-0.2, 0) is 10.1 Å². The van der Waals surface area contributed by atoms with Crippen LogP contribution in [0.5, 0.6) is 0 Å². The Morgan fingerprint density at radius 2 is 1.69 bits per heavy atom. The maximum Gasteiger partial charge on any atom is 0.285 e. The number of hydrogen-bond acceptors (Lipinski definition) is 3. The van der Waals surface area contributed by atoms with Crippen LogP contribution in [0.1, 0.15) is 10.9 Å². The van der Waals surface area contributed by atoms with Crippen molar-refractivity contribution in [3.05, 3.63) is 35.9 Å². The second-order valence-electron chi connectivity index (χ2n) is 2.35. The molecule has 4 nitrogen and oxygen atoms in total. The molecule has 0 fully saturated rings. The van der Waals surface area contributed by atoms with Crippen LogP contribution in [0.4, 0.5) is 0 Å². The molecule has 0 amide bonds. The van der Waals surface area contributed by atoms with Crippen LogP contribution < -0.4 is 5.73 Å². The summed E-state index contributed by atoms with van der Waals surface area (Å²) in [5.74, 6) is 0. The number of rotatable bonds is 2. The zero-order chi connectivity index (χ0) is 9.19.